The monoisotopic (exact) mass is 663 g/mol. The lowest BCUT2D eigenvalue weighted by Gasteiger charge is -2.39. The van der Waals surface area contributed by atoms with Crippen LogP contribution >= 0.6 is 23.2 Å². The highest BCUT2D eigenvalue weighted by Crippen LogP contribution is 2.45. The van der Waals surface area contributed by atoms with Crippen LogP contribution in [0.2, 0.25) is 10.0 Å². The normalized spacial score (nSPS) is 19.3. The molecule has 236 valence electrons. The van der Waals surface area contributed by atoms with E-state index >= 15 is 0 Å². The van der Waals surface area contributed by atoms with E-state index in [0.29, 0.717) is 45.0 Å². The molecule has 44 heavy (non-hydrogen) atoms. The number of aliphatic carboxylic acids is 1. The number of nitrogen functional groups attached to an aromatic ring is 1. The second-order valence-electron chi connectivity index (χ2n) is 10.8. The Morgan fingerprint density at radius 3 is 2.39 bits per heavy atom. The summed E-state index contributed by atoms with van der Waals surface area (Å²) in [5.41, 5.74) is 3.41. The van der Waals surface area contributed by atoms with Gasteiger partial charge in [-0.25, -0.2) is 0 Å². The summed E-state index contributed by atoms with van der Waals surface area (Å²) in [6.07, 6.45) is -10.9. The molecule has 2 unspecified atom stereocenters. The lowest BCUT2D eigenvalue weighted by molar-refractivity contribution is -0.198. The molecule has 3 aromatic rings. The Hall–Kier alpha value is -3.49. The number of aromatic nitrogens is 2. The average molecular weight is 664 g/mol. The summed E-state index contributed by atoms with van der Waals surface area (Å²) in [7, 11) is 0. The Morgan fingerprint density at radius 2 is 1.77 bits per heavy atom. The van der Waals surface area contributed by atoms with Crippen molar-refractivity contribution in [2.24, 2.45) is 5.41 Å². The van der Waals surface area contributed by atoms with Gasteiger partial charge in [0.1, 0.15) is 11.9 Å². The molecule has 16 heteroatoms. The molecule has 8 nitrogen and oxygen atoms in total. The van der Waals surface area contributed by atoms with Gasteiger partial charge in [-0.1, -0.05) is 35.3 Å². The fourth-order valence-electron chi connectivity index (χ4n) is 5.68. The second-order valence-corrected chi connectivity index (χ2v) is 11.7. The summed E-state index contributed by atoms with van der Waals surface area (Å²) >= 11 is 11.8. The van der Waals surface area contributed by atoms with Crippen LogP contribution in [0.5, 0.6) is 5.88 Å². The smallest absolute Gasteiger partial charge is 0.429 e. The number of rotatable bonds is 6. The Morgan fingerprint density at radius 1 is 1.07 bits per heavy atom. The number of nitrogens with one attached hydrogen (secondary N) is 1. The van der Waals surface area contributed by atoms with Gasteiger partial charge in [0, 0.05) is 36.3 Å². The maximum absolute atomic E-state index is 14.5. The van der Waals surface area contributed by atoms with Gasteiger partial charge in [-0.3, -0.25) is 4.79 Å². The number of carbonyl (C=O) groups is 1. The second kappa shape index (κ2) is 11.8. The highest BCUT2D eigenvalue weighted by molar-refractivity contribution is 6.31. The number of hydrogen-bond donors (Lipinski definition) is 3. The zero-order valence-corrected chi connectivity index (χ0v) is 24.2. The number of anilines is 2. The summed E-state index contributed by atoms with van der Waals surface area (Å²) in [5.74, 6) is -1.56. The van der Waals surface area contributed by atoms with Crippen LogP contribution in [0.15, 0.2) is 42.5 Å². The molecule has 2 atom stereocenters. The predicted octanol–water partition coefficient (Wildman–Crippen LogP) is 6.77. The quantitative estimate of drug-likeness (QED) is 0.248. The maximum Gasteiger partial charge on any atom is 0.429 e. The van der Waals surface area contributed by atoms with Crippen LogP contribution in [0, 0.1) is 5.41 Å². The molecule has 2 aliphatic rings. The van der Waals surface area contributed by atoms with Crippen molar-refractivity contribution in [1.29, 1.82) is 0 Å². The molecule has 2 fully saturated rings. The standard InChI is InChI=1S/C28H25Cl2F6N5O3/c29-15-2-3-16(17(10-15)14-1-4-19(30)18(9-14)27(31,32)33)23(28(34,35)36)44-22-11-21(39-25(37)40-22)41-7-5-26(6-8-41)12-20(24(42)43)38-13-26/h1-4,9-11,20,23,38H,5-8,12-13H2,(H,42,43)(H2,37,39,40). The fraction of sp³-hybridized carbons (Fsp3) is 0.393. The SMILES string of the molecule is Nc1nc(OC(c2ccc(Cl)cc2-c2ccc(Cl)c(C(F)(F)F)c2)C(F)(F)F)cc(N2CCC3(CC2)CNC(C(=O)O)C3)n1. The fourth-order valence-corrected chi connectivity index (χ4v) is 6.08. The van der Waals surface area contributed by atoms with Crippen molar-refractivity contribution in [2.75, 3.05) is 30.3 Å². The van der Waals surface area contributed by atoms with Gasteiger partial charge in [0.05, 0.1) is 10.6 Å². The molecule has 4 N–H and O–H groups in total. The van der Waals surface area contributed by atoms with Crippen LogP contribution in [0.3, 0.4) is 0 Å². The van der Waals surface area contributed by atoms with Crippen molar-refractivity contribution in [1.82, 2.24) is 15.3 Å². The van der Waals surface area contributed by atoms with E-state index in [1.165, 1.54) is 12.1 Å². The van der Waals surface area contributed by atoms with E-state index < -0.39 is 52.5 Å². The molecular formula is C28H25Cl2F6N5O3. The van der Waals surface area contributed by atoms with E-state index in [1.54, 1.807) is 4.90 Å². The van der Waals surface area contributed by atoms with Gasteiger partial charge in [0.15, 0.2) is 0 Å². The molecule has 0 radical (unpaired) electrons. The third kappa shape index (κ3) is 6.76. The summed E-state index contributed by atoms with van der Waals surface area (Å²) in [4.78, 5) is 21.2. The number of nitrogens with zero attached hydrogens (tertiary/aromatic N) is 3. The van der Waals surface area contributed by atoms with Gasteiger partial charge in [0.25, 0.3) is 0 Å². The average Bonchev–Trinajstić information content (AvgIpc) is 3.35. The zero-order valence-electron chi connectivity index (χ0n) is 22.6. The number of nitrogens with two attached hydrogens (primary N) is 1. The van der Waals surface area contributed by atoms with Gasteiger partial charge >= 0.3 is 18.3 Å². The van der Waals surface area contributed by atoms with Crippen LogP contribution in [-0.2, 0) is 11.0 Å². The van der Waals surface area contributed by atoms with Gasteiger partial charge in [-0.05, 0) is 60.1 Å². The number of benzene rings is 2. The number of piperidine rings is 1. The topological polar surface area (TPSA) is 114 Å². The first-order valence-electron chi connectivity index (χ1n) is 13.3. The first-order chi connectivity index (χ1) is 20.5. The Labute approximate surface area is 257 Å². The van der Waals surface area contributed by atoms with Crippen molar-refractivity contribution in [3.8, 4) is 17.0 Å². The minimum atomic E-state index is -5.05. The van der Waals surface area contributed by atoms with E-state index in [4.69, 9.17) is 33.7 Å². The molecule has 2 saturated heterocycles. The number of carboxylic acid groups (broad SMARTS) is 1. The molecule has 0 saturated carbocycles. The molecule has 0 amide bonds. The summed E-state index contributed by atoms with van der Waals surface area (Å²) < 4.78 is 89.7. The van der Waals surface area contributed by atoms with Crippen LogP contribution in [0.1, 0.15) is 36.5 Å². The van der Waals surface area contributed by atoms with Crippen LogP contribution in [0.4, 0.5) is 38.1 Å². The summed E-state index contributed by atoms with van der Waals surface area (Å²) in [5, 5.41) is 11.7. The van der Waals surface area contributed by atoms with Crippen molar-refractivity contribution < 1.29 is 41.0 Å². The minimum Gasteiger partial charge on any atom is -0.480 e. The number of hydrogen-bond acceptors (Lipinski definition) is 7. The highest BCUT2D eigenvalue weighted by atomic mass is 35.5. The molecule has 0 aliphatic carbocycles. The number of halogens is 8. The van der Waals surface area contributed by atoms with Gasteiger partial charge in [0.2, 0.25) is 17.9 Å². The Kier molecular flexibility index (Phi) is 8.55. The lowest BCUT2D eigenvalue weighted by Crippen LogP contribution is -2.41. The van der Waals surface area contributed by atoms with Crippen LogP contribution in [-0.4, -0.2) is 52.9 Å². The first kappa shape index (κ1) is 31.9. The van der Waals surface area contributed by atoms with Crippen molar-refractivity contribution in [3.63, 3.8) is 0 Å². The third-order valence-corrected chi connectivity index (χ3v) is 8.49. The Bertz CT molecular complexity index is 1560. The van der Waals surface area contributed by atoms with Crippen molar-refractivity contribution in [3.05, 3.63) is 63.6 Å². The molecule has 2 aliphatic heterocycles. The summed E-state index contributed by atoms with van der Waals surface area (Å²) in [6, 6.07) is 6.61. The third-order valence-electron chi connectivity index (χ3n) is 7.93. The largest absolute Gasteiger partial charge is 0.480 e. The predicted molar refractivity (Wildman–Crippen MR) is 151 cm³/mol. The van der Waals surface area contributed by atoms with Crippen LogP contribution < -0.4 is 20.7 Å². The minimum absolute atomic E-state index is 0.0169. The molecule has 1 spiro atoms. The van der Waals surface area contributed by atoms with E-state index in [9.17, 15) is 36.2 Å². The van der Waals surface area contributed by atoms with Crippen molar-refractivity contribution in [2.45, 2.75) is 43.8 Å². The van der Waals surface area contributed by atoms with Gasteiger partial charge in [-0.2, -0.15) is 36.3 Å². The zero-order chi connectivity index (χ0) is 32.0. The molecule has 5 rings (SSSR count). The molecule has 2 aromatic carbocycles. The lowest BCUT2D eigenvalue weighted by atomic mass is 9.76. The number of carboxylic acids is 1. The van der Waals surface area contributed by atoms with E-state index in [1.807, 2.05) is 0 Å². The van der Waals surface area contributed by atoms with Gasteiger partial charge < -0.3 is 25.8 Å². The number of ether oxygens (including phenoxy) is 1. The molecular weight excluding hydrogens is 639 g/mol. The molecule has 3 heterocycles. The van der Waals surface area contributed by atoms with Gasteiger partial charge in [-0.15, -0.1) is 0 Å². The van der Waals surface area contributed by atoms with Crippen molar-refractivity contribution >= 4 is 40.9 Å². The number of alkyl halides is 6. The first-order valence-corrected chi connectivity index (χ1v) is 14.1. The molecule has 0 bridgehead atoms. The molecule has 1 aromatic heterocycles. The van der Waals surface area contributed by atoms with Crippen LogP contribution in [0.25, 0.3) is 11.1 Å². The maximum atomic E-state index is 14.5. The van der Waals surface area contributed by atoms with E-state index in [-0.39, 0.29) is 33.3 Å². The highest BCUT2D eigenvalue weighted by Gasteiger charge is 2.46. The Balaban J connectivity index is 1.45. The van der Waals surface area contributed by atoms with E-state index in [0.717, 1.165) is 24.3 Å². The van der Waals surface area contributed by atoms with E-state index in [2.05, 4.69) is 15.3 Å². The summed E-state index contributed by atoms with van der Waals surface area (Å²) in [6.45, 7) is 1.41.